The summed E-state index contributed by atoms with van der Waals surface area (Å²) in [4.78, 5) is 56.8. The molecule has 1 fully saturated rings. The minimum Gasteiger partial charge on any atom is -0.507 e. The van der Waals surface area contributed by atoms with Gasteiger partial charge < -0.3 is 15.2 Å². The number of rotatable bonds is 7. The van der Waals surface area contributed by atoms with Gasteiger partial charge in [0.1, 0.15) is 18.1 Å². The normalized spacial score (nSPS) is 22.8. The summed E-state index contributed by atoms with van der Waals surface area (Å²) in [6.07, 6.45) is 3.78. The summed E-state index contributed by atoms with van der Waals surface area (Å²) in [5, 5.41) is 14.8. The van der Waals surface area contributed by atoms with Crippen LogP contribution in [0.1, 0.15) is 36.8 Å². The van der Waals surface area contributed by atoms with Gasteiger partial charge >= 0.3 is 0 Å². The van der Waals surface area contributed by atoms with Gasteiger partial charge in [-0.05, 0) is 79.8 Å². The number of amides is 2. The van der Waals surface area contributed by atoms with Crippen LogP contribution in [0.5, 0.6) is 11.5 Å². The summed E-state index contributed by atoms with van der Waals surface area (Å²) in [6.45, 7) is 1.93. The third-order valence-electron chi connectivity index (χ3n) is 10.3. The molecule has 4 aliphatic rings. The lowest BCUT2D eigenvalue weighted by Gasteiger charge is -2.42. The molecular formula is C42H34N2O6. The zero-order valence-electron chi connectivity index (χ0n) is 27.3. The fraction of sp³-hybridized carbons (Fsp3) is 0.190. The van der Waals surface area contributed by atoms with Crippen molar-refractivity contribution >= 4 is 40.4 Å². The molecule has 1 saturated heterocycles. The van der Waals surface area contributed by atoms with Gasteiger partial charge in [-0.15, -0.1) is 0 Å². The molecule has 8 heteroatoms. The number of carbonyl (C=O) groups is 4. The molecule has 0 bridgehead atoms. The zero-order valence-corrected chi connectivity index (χ0v) is 27.3. The molecule has 8 nitrogen and oxygen atoms in total. The number of anilines is 3. The average Bonchev–Trinajstić information content (AvgIpc) is 3.39. The Kier molecular flexibility index (Phi) is 7.79. The highest BCUT2D eigenvalue weighted by Gasteiger charge is 2.56. The maximum absolute atomic E-state index is 14.3. The molecule has 8 rings (SSSR count). The SMILES string of the molecule is CC1=CC(=O)C2=C(C1=O)[C@@H](c1ccc(OCc3ccccc3)cc1O)C1=CC[C@@H]3C(=O)N(c4ccc(Nc5ccccc5)cc4)C(=O)[C@@H]3[C@@H]1C2. The molecule has 2 amide bonds. The van der Waals surface area contributed by atoms with Gasteiger partial charge in [0.05, 0.1) is 17.5 Å². The molecule has 0 unspecified atom stereocenters. The quantitative estimate of drug-likeness (QED) is 0.121. The van der Waals surface area contributed by atoms with E-state index in [2.05, 4.69) is 5.32 Å². The number of hydrogen-bond acceptors (Lipinski definition) is 7. The van der Waals surface area contributed by atoms with Crippen molar-refractivity contribution in [2.75, 3.05) is 10.2 Å². The van der Waals surface area contributed by atoms with Crippen molar-refractivity contribution in [3.05, 3.63) is 149 Å². The van der Waals surface area contributed by atoms with Gasteiger partial charge in [-0.2, -0.15) is 0 Å². The number of hydrogen-bond donors (Lipinski definition) is 2. The molecule has 0 aromatic heterocycles. The topological polar surface area (TPSA) is 113 Å². The maximum Gasteiger partial charge on any atom is 0.238 e. The van der Waals surface area contributed by atoms with E-state index in [1.807, 2.05) is 78.9 Å². The van der Waals surface area contributed by atoms with Crippen LogP contribution in [0.25, 0.3) is 0 Å². The van der Waals surface area contributed by atoms with Crippen LogP contribution in [0.2, 0.25) is 0 Å². The number of Topliss-reactive ketones (excluding diaryl/α,β-unsaturated/α-hetero) is 1. The summed E-state index contributed by atoms with van der Waals surface area (Å²) >= 11 is 0. The van der Waals surface area contributed by atoms with Crippen molar-refractivity contribution in [2.24, 2.45) is 17.8 Å². The van der Waals surface area contributed by atoms with Gasteiger partial charge in [-0.3, -0.25) is 24.1 Å². The summed E-state index contributed by atoms with van der Waals surface area (Å²) in [5.41, 5.74) is 5.41. The van der Waals surface area contributed by atoms with Crippen molar-refractivity contribution in [3.63, 3.8) is 0 Å². The first-order valence-corrected chi connectivity index (χ1v) is 16.8. The zero-order chi connectivity index (χ0) is 34.5. The van der Waals surface area contributed by atoms with E-state index in [1.165, 1.54) is 17.0 Å². The number of aromatic hydroxyl groups is 1. The number of ether oxygens (including phenoxy) is 1. The largest absolute Gasteiger partial charge is 0.507 e. The van der Waals surface area contributed by atoms with E-state index < -0.39 is 23.7 Å². The van der Waals surface area contributed by atoms with Crippen LogP contribution >= 0.6 is 0 Å². The van der Waals surface area contributed by atoms with Gasteiger partial charge in [-0.25, -0.2) is 0 Å². The molecule has 2 N–H and O–H groups in total. The summed E-state index contributed by atoms with van der Waals surface area (Å²) in [5.74, 6) is -3.34. The van der Waals surface area contributed by atoms with Gasteiger partial charge in [0, 0.05) is 45.6 Å². The highest BCUT2D eigenvalue weighted by atomic mass is 16.5. The Morgan fingerprint density at radius 3 is 2.24 bits per heavy atom. The minimum atomic E-state index is -0.756. The van der Waals surface area contributed by atoms with Crippen LogP contribution in [-0.2, 0) is 25.8 Å². The number of ketones is 2. The van der Waals surface area contributed by atoms with Crippen molar-refractivity contribution in [2.45, 2.75) is 32.3 Å². The van der Waals surface area contributed by atoms with E-state index in [-0.39, 0.29) is 35.6 Å². The first kappa shape index (κ1) is 31.3. The maximum atomic E-state index is 14.3. The number of nitrogens with one attached hydrogen (secondary N) is 1. The van der Waals surface area contributed by atoms with Gasteiger partial charge in [0.15, 0.2) is 11.6 Å². The lowest BCUT2D eigenvalue weighted by Crippen LogP contribution is -2.39. The van der Waals surface area contributed by atoms with E-state index in [0.717, 1.165) is 22.5 Å². The summed E-state index contributed by atoms with van der Waals surface area (Å²) in [7, 11) is 0. The smallest absolute Gasteiger partial charge is 0.238 e. The number of fused-ring (bicyclic) bond motifs is 3. The first-order valence-electron chi connectivity index (χ1n) is 16.8. The lowest BCUT2D eigenvalue weighted by molar-refractivity contribution is -0.123. The van der Waals surface area contributed by atoms with Crippen molar-refractivity contribution in [1.29, 1.82) is 0 Å². The molecular weight excluding hydrogens is 628 g/mol. The molecule has 4 aromatic carbocycles. The van der Waals surface area contributed by atoms with Crippen LogP contribution in [0.3, 0.4) is 0 Å². The Morgan fingerprint density at radius 2 is 1.52 bits per heavy atom. The van der Waals surface area contributed by atoms with E-state index in [9.17, 15) is 24.3 Å². The molecule has 1 aliphatic heterocycles. The van der Waals surface area contributed by atoms with Crippen LogP contribution < -0.4 is 15.0 Å². The second-order valence-corrected chi connectivity index (χ2v) is 13.3. The van der Waals surface area contributed by atoms with Crippen molar-refractivity contribution in [1.82, 2.24) is 0 Å². The number of nitrogens with zero attached hydrogens (tertiary/aromatic N) is 1. The number of imide groups is 1. The molecule has 4 atom stereocenters. The number of phenolic OH excluding ortho intramolecular Hbond substituents is 1. The number of para-hydroxylation sites is 1. The van der Waals surface area contributed by atoms with E-state index >= 15 is 0 Å². The average molecular weight is 663 g/mol. The number of carbonyl (C=O) groups excluding carboxylic acids is 4. The molecule has 0 saturated carbocycles. The van der Waals surface area contributed by atoms with Crippen LogP contribution in [0.4, 0.5) is 17.1 Å². The predicted octanol–water partition coefficient (Wildman–Crippen LogP) is 7.35. The molecule has 0 spiro atoms. The fourth-order valence-electron chi connectivity index (χ4n) is 7.95. The molecule has 50 heavy (non-hydrogen) atoms. The summed E-state index contributed by atoms with van der Waals surface area (Å²) in [6, 6.07) is 31.5. The van der Waals surface area contributed by atoms with Crippen LogP contribution in [0.15, 0.2) is 138 Å². The number of allylic oxidation sites excluding steroid dienone is 6. The Morgan fingerprint density at radius 1 is 0.820 bits per heavy atom. The standard InChI is InChI=1S/C42H34N2O6/c1-24-20-35(45)34-22-33-30(37(39(34)40(24)47)31-17-16-29(21-36(31)46)50-23-25-8-4-2-5-9-25)18-19-32-38(33)42(49)44(41(32)48)28-14-12-27(13-15-28)43-26-10-6-3-7-11-26/h2-18,20-21,32-33,37-38,43,46H,19,22-23H2,1H3/t32-,33+,37+,38-/m0/s1. The monoisotopic (exact) mass is 662 g/mol. The number of phenols is 1. The third-order valence-corrected chi connectivity index (χ3v) is 10.3. The molecule has 248 valence electrons. The van der Waals surface area contributed by atoms with Crippen molar-refractivity contribution in [3.8, 4) is 11.5 Å². The van der Waals surface area contributed by atoms with Crippen LogP contribution in [-0.4, -0.2) is 28.5 Å². The highest BCUT2D eigenvalue weighted by Crippen LogP contribution is 2.56. The van der Waals surface area contributed by atoms with Crippen molar-refractivity contribution < 1.29 is 29.0 Å². The van der Waals surface area contributed by atoms with E-state index in [4.69, 9.17) is 4.74 Å². The minimum absolute atomic E-state index is 0.0804. The number of benzene rings is 4. The second-order valence-electron chi connectivity index (χ2n) is 13.3. The summed E-state index contributed by atoms with van der Waals surface area (Å²) < 4.78 is 5.95. The molecule has 4 aromatic rings. The molecule has 3 aliphatic carbocycles. The van der Waals surface area contributed by atoms with Gasteiger partial charge in [-0.1, -0.05) is 66.2 Å². The Hall–Kier alpha value is -6.02. The lowest BCUT2D eigenvalue weighted by atomic mass is 9.59. The molecule has 1 heterocycles. The first-order chi connectivity index (χ1) is 24.3. The van der Waals surface area contributed by atoms with Crippen LogP contribution in [0, 0.1) is 17.8 Å². The molecule has 0 radical (unpaired) electrons. The highest BCUT2D eigenvalue weighted by molar-refractivity contribution is 6.25. The Labute approximate surface area is 289 Å². The Bertz CT molecular complexity index is 2150. The Balaban J connectivity index is 1.12. The fourth-order valence-corrected chi connectivity index (χ4v) is 7.95. The van der Waals surface area contributed by atoms with E-state index in [1.54, 1.807) is 31.2 Å². The van der Waals surface area contributed by atoms with E-state index in [0.29, 0.717) is 46.7 Å². The van der Waals surface area contributed by atoms with Gasteiger partial charge in [0.2, 0.25) is 11.8 Å². The van der Waals surface area contributed by atoms with Gasteiger partial charge in [0.25, 0.3) is 0 Å². The predicted molar refractivity (Wildman–Crippen MR) is 189 cm³/mol. The second kappa shape index (κ2) is 12.5. The third kappa shape index (κ3) is 5.33.